The number of nitrogens with zero attached hydrogens (tertiary/aromatic N) is 3. The van der Waals surface area contributed by atoms with E-state index in [0.717, 1.165) is 6.42 Å². The van der Waals surface area contributed by atoms with Gasteiger partial charge in [-0.25, -0.2) is 4.39 Å². The third-order valence-corrected chi connectivity index (χ3v) is 2.59. The molecule has 0 spiro atoms. The standard InChI is InChI=1S/C14H17FN4O2/c1-4-7-20-13-17-12(16-3)18-14(19-13)21-10-5-6-11(15)9(2)8-10/h5-6,8H,4,7H2,1-3H3,(H,16,17,18,19). The molecule has 0 radical (unpaired) electrons. The summed E-state index contributed by atoms with van der Waals surface area (Å²) in [6, 6.07) is 4.69. The van der Waals surface area contributed by atoms with Crippen LogP contribution in [0.3, 0.4) is 0 Å². The number of aryl methyl sites for hydroxylation is 1. The largest absolute Gasteiger partial charge is 0.463 e. The molecule has 21 heavy (non-hydrogen) atoms. The lowest BCUT2D eigenvalue weighted by molar-refractivity contribution is 0.285. The summed E-state index contributed by atoms with van der Waals surface area (Å²) in [7, 11) is 1.69. The molecule has 0 atom stereocenters. The fourth-order valence-electron chi connectivity index (χ4n) is 1.54. The number of aromatic nitrogens is 3. The highest BCUT2D eigenvalue weighted by Crippen LogP contribution is 2.22. The van der Waals surface area contributed by atoms with Crippen LogP contribution in [0, 0.1) is 12.7 Å². The average molecular weight is 292 g/mol. The molecule has 1 heterocycles. The second kappa shape index (κ2) is 6.83. The summed E-state index contributed by atoms with van der Waals surface area (Å²) in [5, 5.41) is 2.81. The molecule has 0 unspecified atom stereocenters. The van der Waals surface area contributed by atoms with Gasteiger partial charge in [0.2, 0.25) is 5.95 Å². The zero-order valence-electron chi connectivity index (χ0n) is 12.2. The highest BCUT2D eigenvalue weighted by molar-refractivity contribution is 5.32. The number of anilines is 1. The summed E-state index contributed by atoms with van der Waals surface area (Å²) in [6.45, 7) is 4.14. The van der Waals surface area contributed by atoms with E-state index in [1.54, 1.807) is 20.0 Å². The second-order valence-electron chi connectivity index (χ2n) is 4.34. The molecule has 0 fully saturated rings. The zero-order chi connectivity index (χ0) is 15.2. The van der Waals surface area contributed by atoms with Crippen LogP contribution in [0.1, 0.15) is 18.9 Å². The van der Waals surface area contributed by atoms with Crippen molar-refractivity contribution in [1.29, 1.82) is 0 Å². The van der Waals surface area contributed by atoms with Crippen LogP contribution in [0.5, 0.6) is 17.8 Å². The molecule has 0 amide bonds. The van der Waals surface area contributed by atoms with Gasteiger partial charge in [0, 0.05) is 7.05 Å². The Morgan fingerprint density at radius 3 is 2.62 bits per heavy atom. The third-order valence-electron chi connectivity index (χ3n) is 2.59. The minimum Gasteiger partial charge on any atom is -0.463 e. The fourth-order valence-corrected chi connectivity index (χ4v) is 1.54. The van der Waals surface area contributed by atoms with Gasteiger partial charge in [-0.2, -0.15) is 9.97 Å². The first-order chi connectivity index (χ1) is 10.1. The van der Waals surface area contributed by atoms with Crippen molar-refractivity contribution < 1.29 is 13.9 Å². The Morgan fingerprint density at radius 2 is 1.95 bits per heavy atom. The maximum atomic E-state index is 13.2. The molecule has 2 rings (SSSR count). The van der Waals surface area contributed by atoms with E-state index < -0.39 is 0 Å². The smallest absolute Gasteiger partial charge is 0.330 e. The monoisotopic (exact) mass is 292 g/mol. The molecule has 6 nitrogen and oxygen atoms in total. The highest BCUT2D eigenvalue weighted by atomic mass is 19.1. The van der Waals surface area contributed by atoms with Crippen LogP contribution in [0.25, 0.3) is 0 Å². The molecular weight excluding hydrogens is 275 g/mol. The summed E-state index contributed by atoms with van der Waals surface area (Å²) >= 11 is 0. The molecule has 0 bridgehead atoms. The topological polar surface area (TPSA) is 69.2 Å². The molecule has 0 saturated carbocycles. The van der Waals surface area contributed by atoms with Crippen LogP contribution in [0.2, 0.25) is 0 Å². The number of halogens is 1. The van der Waals surface area contributed by atoms with Gasteiger partial charge in [-0.05, 0) is 37.1 Å². The lowest BCUT2D eigenvalue weighted by Gasteiger charge is -2.08. The maximum Gasteiger partial charge on any atom is 0.330 e. The fraction of sp³-hybridized carbons (Fsp3) is 0.357. The van der Waals surface area contributed by atoms with Gasteiger partial charge in [0.05, 0.1) is 6.61 Å². The predicted molar refractivity (Wildman–Crippen MR) is 76.4 cm³/mol. The van der Waals surface area contributed by atoms with E-state index in [1.807, 2.05) is 6.92 Å². The third kappa shape index (κ3) is 4.01. The molecule has 0 aliphatic rings. The van der Waals surface area contributed by atoms with Crippen molar-refractivity contribution in [3.8, 4) is 17.8 Å². The van der Waals surface area contributed by atoms with E-state index in [2.05, 4.69) is 20.3 Å². The van der Waals surface area contributed by atoms with E-state index in [-0.39, 0.29) is 17.8 Å². The van der Waals surface area contributed by atoms with Crippen molar-refractivity contribution in [2.24, 2.45) is 0 Å². The number of nitrogens with one attached hydrogen (secondary N) is 1. The molecule has 1 aromatic heterocycles. The minimum atomic E-state index is -0.291. The summed E-state index contributed by atoms with van der Waals surface area (Å²) in [5.74, 6) is 0.495. The van der Waals surface area contributed by atoms with Gasteiger partial charge in [0.15, 0.2) is 0 Å². The Kier molecular flexibility index (Phi) is 4.86. The Morgan fingerprint density at radius 1 is 1.19 bits per heavy atom. The summed E-state index contributed by atoms with van der Waals surface area (Å²) in [6.07, 6.45) is 0.841. The molecule has 1 N–H and O–H groups in total. The van der Waals surface area contributed by atoms with Crippen LogP contribution < -0.4 is 14.8 Å². The van der Waals surface area contributed by atoms with Gasteiger partial charge in [-0.15, -0.1) is 4.98 Å². The molecule has 0 aliphatic heterocycles. The Bertz CT molecular complexity index is 622. The SMILES string of the molecule is CCCOc1nc(NC)nc(Oc2ccc(F)c(C)c2)n1. The summed E-state index contributed by atoms with van der Waals surface area (Å²) in [4.78, 5) is 12.2. The van der Waals surface area contributed by atoms with Crippen molar-refractivity contribution in [3.63, 3.8) is 0 Å². The maximum absolute atomic E-state index is 13.2. The second-order valence-corrected chi connectivity index (χ2v) is 4.34. The molecule has 0 aliphatic carbocycles. The van der Waals surface area contributed by atoms with Crippen LogP contribution in [-0.4, -0.2) is 28.6 Å². The molecule has 1 aromatic carbocycles. The van der Waals surface area contributed by atoms with Gasteiger partial charge in [0.1, 0.15) is 11.6 Å². The van der Waals surface area contributed by atoms with Crippen molar-refractivity contribution in [2.45, 2.75) is 20.3 Å². The van der Waals surface area contributed by atoms with Crippen LogP contribution >= 0.6 is 0 Å². The average Bonchev–Trinajstić information content (AvgIpc) is 2.48. The quantitative estimate of drug-likeness (QED) is 0.882. The molecule has 7 heteroatoms. The first-order valence-corrected chi connectivity index (χ1v) is 6.63. The molecule has 0 saturated heterocycles. The number of benzene rings is 1. The van der Waals surface area contributed by atoms with Crippen LogP contribution in [0.4, 0.5) is 10.3 Å². The van der Waals surface area contributed by atoms with Crippen LogP contribution in [0.15, 0.2) is 18.2 Å². The predicted octanol–water partition coefficient (Wildman–Crippen LogP) is 2.94. The van der Waals surface area contributed by atoms with E-state index in [0.29, 0.717) is 23.9 Å². The van der Waals surface area contributed by atoms with Crippen molar-refractivity contribution in [3.05, 3.63) is 29.6 Å². The number of hydrogen-bond acceptors (Lipinski definition) is 6. The van der Waals surface area contributed by atoms with Crippen molar-refractivity contribution in [2.75, 3.05) is 19.0 Å². The van der Waals surface area contributed by atoms with Gasteiger partial charge in [-0.3, -0.25) is 0 Å². The van der Waals surface area contributed by atoms with E-state index in [9.17, 15) is 4.39 Å². The molecule has 2 aromatic rings. The van der Waals surface area contributed by atoms with Crippen LogP contribution in [-0.2, 0) is 0 Å². The minimum absolute atomic E-state index is 0.0893. The van der Waals surface area contributed by atoms with Gasteiger partial charge in [-0.1, -0.05) is 6.92 Å². The molecular formula is C14H17FN4O2. The normalized spacial score (nSPS) is 10.3. The lowest BCUT2D eigenvalue weighted by Crippen LogP contribution is -2.06. The van der Waals surface area contributed by atoms with Crippen molar-refractivity contribution in [1.82, 2.24) is 15.0 Å². The van der Waals surface area contributed by atoms with Gasteiger partial charge < -0.3 is 14.8 Å². The Hall–Kier alpha value is -2.44. The number of rotatable bonds is 6. The Labute approximate surface area is 122 Å². The first-order valence-electron chi connectivity index (χ1n) is 6.63. The number of ether oxygens (including phenoxy) is 2. The number of hydrogen-bond donors (Lipinski definition) is 1. The summed E-state index contributed by atoms with van der Waals surface area (Å²) in [5.41, 5.74) is 0.484. The summed E-state index contributed by atoms with van der Waals surface area (Å²) < 4.78 is 24.1. The molecule has 112 valence electrons. The van der Waals surface area contributed by atoms with Gasteiger partial charge in [0.25, 0.3) is 0 Å². The lowest BCUT2D eigenvalue weighted by atomic mass is 10.2. The van der Waals surface area contributed by atoms with E-state index in [1.165, 1.54) is 12.1 Å². The van der Waals surface area contributed by atoms with E-state index >= 15 is 0 Å². The highest BCUT2D eigenvalue weighted by Gasteiger charge is 2.09. The Balaban J connectivity index is 2.23. The van der Waals surface area contributed by atoms with Gasteiger partial charge >= 0.3 is 12.0 Å². The first kappa shape index (κ1) is 15.0. The van der Waals surface area contributed by atoms with Crippen molar-refractivity contribution >= 4 is 5.95 Å². The van der Waals surface area contributed by atoms with E-state index in [4.69, 9.17) is 9.47 Å². The zero-order valence-corrected chi connectivity index (χ0v) is 12.2.